The van der Waals surface area contributed by atoms with Gasteiger partial charge in [0.05, 0.1) is 0 Å². The maximum Gasteiger partial charge on any atom is 0.270 e. The van der Waals surface area contributed by atoms with Crippen molar-refractivity contribution in [3.05, 3.63) is 18.0 Å². The molecule has 1 aromatic rings. The zero-order chi connectivity index (χ0) is 15.6. The molecule has 1 aromatic heterocycles. The first-order chi connectivity index (χ1) is 9.79. The number of hydrogen-bond donors (Lipinski definition) is 0. The van der Waals surface area contributed by atoms with Gasteiger partial charge in [-0.3, -0.25) is 4.79 Å². The third-order valence-electron chi connectivity index (χ3n) is 3.96. The zero-order valence-electron chi connectivity index (χ0n) is 12.4. The number of rotatable bonds is 4. The van der Waals surface area contributed by atoms with E-state index in [0.29, 0.717) is 18.2 Å². The molecule has 0 bridgehead atoms. The average Bonchev–Trinajstić information content (AvgIpc) is 2.82. The molecule has 1 aliphatic carbocycles. The number of hydrogen-bond acceptors (Lipinski definition) is 3. The van der Waals surface area contributed by atoms with E-state index < -0.39 is 9.05 Å². The SMILES string of the molecule is CN(C)C(=O)c1cc(S(=O)(=O)Cl)cn1CC1CCCCC1. The molecular weight excluding hydrogens is 312 g/mol. The minimum Gasteiger partial charge on any atom is -0.343 e. The Hall–Kier alpha value is -1.01. The van der Waals surface area contributed by atoms with Crippen LogP contribution in [0.1, 0.15) is 42.6 Å². The van der Waals surface area contributed by atoms with Crippen LogP contribution in [0.15, 0.2) is 17.2 Å². The molecule has 0 atom stereocenters. The van der Waals surface area contributed by atoms with Crippen LogP contribution in [0.4, 0.5) is 0 Å². The first-order valence-electron chi connectivity index (χ1n) is 7.15. The van der Waals surface area contributed by atoms with Gasteiger partial charge in [-0.05, 0) is 24.8 Å². The van der Waals surface area contributed by atoms with Crippen molar-refractivity contribution in [1.82, 2.24) is 9.47 Å². The van der Waals surface area contributed by atoms with E-state index in [0.717, 1.165) is 12.8 Å². The monoisotopic (exact) mass is 332 g/mol. The quantitative estimate of drug-likeness (QED) is 0.796. The minimum atomic E-state index is -3.82. The molecule has 0 saturated heterocycles. The highest BCUT2D eigenvalue weighted by Crippen LogP contribution is 2.27. The Balaban J connectivity index is 2.32. The molecule has 0 unspecified atom stereocenters. The number of nitrogens with zero attached hydrogens (tertiary/aromatic N) is 2. The van der Waals surface area contributed by atoms with Gasteiger partial charge in [-0.2, -0.15) is 0 Å². The van der Waals surface area contributed by atoms with Gasteiger partial charge in [-0.1, -0.05) is 19.3 Å². The molecule has 7 heteroatoms. The van der Waals surface area contributed by atoms with Crippen LogP contribution in [0.2, 0.25) is 0 Å². The largest absolute Gasteiger partial charge is 0.343 e. The lowest BCUT2D eigenvalue weighted by Crippen LogP contribution is -2.26. The summed E-state index contributed by atoms with van der Waals surface area (Å²) in [6.07, 6.45) is 7.38. The average molecular weight is 333 g/mol. The van der Waals surface area contributed by atoms with Crippen molar-refractivity contribution in [3.8, 4) is 0 Å². The highest BCUT2D eigenvalue weighted by Gasteiger charge is 2.23. The van der Waals surface area contributed by atoms with E-state index in [-0.39, 0.29) is 10.8 Å². The summed E-state index contributed by atoms with van der Waals surface area (Å²) in [6, 6.07) is 1.37. The van der Waals surface area contributed by atoms with Gasteiger partial charge in [0, 0.05) is 37.5 Å². The fraction of sp³-hybridized carbons (Fsp3) is 0.643. The van der Waals surface area contributed by atoms with Crippen molar-refractivity contribution < 1.29 is 13.2 Å². The Kier molecular flexibility index (Phi) is 4.99. The van der Waals surface area contributed by atoms with Gasteiger partial charge in [-0.25, -0.2) is 8.42 Å². The van der Waals surface area contributed by atoms with Crippen molar-refractivity contribution in [2.24, 2.45) is 5.92 Å². The van der Waals surface area contributed by atoms with Gasteiger partial charge < -0.3 is 9.47 Å². The molecule has 1 heterocycles. The van der Waals surface area contributed by atoms with E-state index in [2.05, 4.69) is 0 Å². The van der Waals surface area contributed by atoms with Crippen molar-refractivity contribution >= 4 is 25.6 Å². The van der Waals surface area contributed by atoms with Crippen LogP contribution in [-0.2, 0) is 15.6 Å². The fourth-order valence-electron chi connectivity index (χ4n) is 2.82. The van der Waals surface area contributed by atoms with Gasteiger partial charge in [0.25, 0.3) is 15.0 Å². The van der Waals surface area contributed by atoms with Gasteiger partial charge in [0.1, 0.15) is 10.6 Å². The summed E-state index contributed by atoms with van der Waals surface area (Å²) < 4.78 is 24.8. The van der Waals surface area contributed by atoms with E-state index in [9.17, 15) is 13.2 Å². The van der Waals surface area contributed by atoms with E-state index in [1.807, 2.05) is 0 Å². The van der Waals surface area contributed by atoms with Crippen LogP contribution in [0.5, 0.6) is 0 Å². The molecule has 2 rings (SSSR count). The summed E-state index contributed by atoms with van der Waals surface area (Å²) in [5, 5.41) is 0. The molecule has 118 valence electrons. The zero-order valence-corrected chi connectivity index (χ0v) is 14.0. The molecule has 1 amide bonds. The molecule has 1 saturated carbocycles. The Morgan fingerprint density at radius 2 is 1.95 bits per heavy atom. The number of halogens is 1. The van der Waals surface area contributed by atoms with Crippen molar-refractivity contribution in [2.45, 2.75) is 43.5 Å². The molecular formula is C14H21ClN2O3S. The third-order valence-corrected chi connectivity index (χ3v) is 5.28. The first kappa shape index (κ1) is 16.4. The summed E-state index contributed by atoms with van der Waals surface area (Å²) >= 11 is 0. The van der Waals surface area contributed by atoms with E-state index in [1.165, 1.54) is 36.4 Å². The predicted molar refractivity (Wildman–Crippen MR) is 82.1 cm³/mol. The molecule has 21 heavy (non-hydrogen) atoms. The maximum atomic E-state index is 12.2. The smallest absolute Gasteiger partial charge is 0.270 e. The second-order valence-electron chi connectivity index (χ2n) is 5.85. The van der Waals surface area contributed by atoms with Crippen LogP contribution in [-0.4, -0.2) is 37.9 Å². The summed E-state index contributed by atoms with van der Waals surface area (Å²) in [7, 11) is 4.88. The molecule has 0 N–H and O–H groups in total. The molecule has 0 radical (unpaired) electrons. The van der Waals surface area contributed by atoms with E-state index >= 15 is 0 Å². The minimum absolute atomic E-state index is 0.00910. The molecule has 0 aliphatic heterocycles. The van der Waals surface area contributed by atoms with Gasteiger partial charge in [0.15, 0.2) is 0 Å². The fourth-order valence-corrected chi connectivity index (χ4v) is 3.58. The summed E-state index contributed by atoms with van der Waals surface area (Å²) in [5.41, 5.74) is 0.379. The second-order valence-corrected chi connectivity index (χ2v) is 8.42. The first-order valence-corrected chi connectivity index (χ1v) is 9.46. The molecule has 0 spiro atoms. The lowest BCUT2D eigenvalue weighted by Gasteiger charge is -2.23. The lowest BCUT2D eigenvalue weighted by atomic mass is 9.89. The van der Waals surface area contributed by atoms with E-state index in [4.69, 9.17) is 10.7 Å². The Bertz CT molecular complexity index is 616. The van der Waals surface area contributed by atoms with Crippen molar-refractivity contribution in [2.75, 3.05) is 14.1 Å². The Morgan fingerprint density at radius 1 is 1.33 bits per heavy atom. The van der Waals surface area contributed by atoms with Crippen molar-refractivity contribution in [3.63, 3.8) is 0 Å². The van der Waals surface area contributed by atoms with Gasteiger partial charge in [-0.15, -0.1) is 0 Å². The third kappa shape index (κ3) is 4.01. The summed E-state index contributed by atoms with van der Waals surface area (Å²) in [5.74, 6) is 0.281. The number of aromatic nitrogens is 1. The molecule has 1 fully saturated rings. The van der Waals surface area contributed by atoms with Crippen molar-refractivity contribution in [1.29, 1.82) is 0 Å². The number of amides is 1. The summed E-state index contributed by atoms with van der Waals surface area (Å²) in [6.45, 7) is 0.668. The molecule has 0 aromatic carbocycles. The standard InChI is InChI=1S/C14H21ClN2O3S/c1-16(2)14(18)13-8-12(21(15,19)20)10-17(13)9-11-6-4-3-5-7-11/h8,10-11H,3-7,9H2,1-2H3. The Morgan fingerprint density at radius 3 is 2.48 bits per heavy atom. The normalized spacial score (nSPS) is 16.9. The second kappa shape index (κ2) is 6.40. The van der Waals surface area contributed by atoms with Gasteiger partial charge >= 0.3 is 0 Å². The van der Waals surface area contributed by atoms with E-state index in [1.54, 1.807) is 18.7 Å². The van der Waals surface area contributed by atoms with Gasteiger partial charge in [0.2, 0.25) is 0 Å². The number of carbonyl (C=O) groups excluding carboxylic acids is 1. The highest BCUT2D eigenvalue weighted by molar-refractivity contribution is 8.13. The number of carbonyl (C=O) groups is 1. The predicted octanol–water partition coefficient (Wildman–Crippen LogP) is 2.70. The summed E-state index contributed by atoms with van der Waals surface area (Å²) in [4.78, 5) is 13.6. The van der Waals surface area contributed by atoms with Crippen LogP contribution in [0.25, 0.3) is 0 Å². The van der Waals surface area contributed by atoms with Crippen LogP contribution in [0, 0.1) is 5.92 Å². The molecule has 1 aliphatic rings. The molecule has 5 nitrogen and oxygen atoms in total. The van der Waals surface area contributed by atoms with Crippen LogP contribution in [0.3, 0.4) is 0 Å². The lowest BCUT2D eigenvalue weighted by molar-refractivity contribution is 0.0815. The highest BCUT2D eigenvalue weighted by atomic mass is 35.7. The Labute approximate surface area is 130 Å². The van der Waals surface area contributed by atoms with Crippen LogP contribution >= 0.6 is 10.7 Å². The maximum absolute atomic E-state index is 12.2. The van der Waals surface area contributed by atoms with Crippen LogP contribution < -0.4 is 0 Å². The topological polar surface area (TPSA) is 59.4 Å².